The van der Waals surface area contributed by atoms with Crippen LogP contribution in [-0.2, 0) is 9.47 Å². The zero-order valence-electron chi connectivity index (χ0n) is 13.5. The Labute approximate surface area is 141 Å². The summed E-state index contributed by atoms with van der Waals surface area (Å²) in [5.74, 6) is -0.0136. The van der Waals surface area contributed by atoms with Gasteiger partial charge in [0.25, 0.3) is 0 Å². The number of hydrogen-bond acceptors (Lipinski definition) is 4. The highest BCUT2D eigenvalue weighted by Crippen LogP contribution is 2.39. The van der Waals surface area contributed by atoms with Crippen LogP contribution in [0.5, 0.6) is 0 Å². The predicted octanol–water partition coefficient (Wildman–Crippen LogP) is 2.76. The van der Waals surface area contributed by atoms with Gasteiger partial charge in [-0.25, -0.2) is 0 Å². The van der Waals surface area contributed by atoms with Crippen molar-refractivity contribution in [1.29, 1.82) is 0 Å². The lowest BCUT2D eigenvalue weighted by Crippen LogP contribution is -2.54. The molecule has 4 heteroatoms. The first-order valence-electron chi connectivity index (χ1n) is 8.45. The van der Waals surface area contributed by atoms with Gasteiger partial charge in [-0.05, 0) is 18.5 Å². The number of ether oxygens (including phenoxy) is 2. The van der Waals surface area contributed by atoms with E-state index in [1.807, 2.05) is 48.5 Å². The molecule has 3 atom stereocenters. The number of ketones is 1. The Morgan fingerprint density at radius 2 is 1.79 bits per heavy atom. The standard InChI is InChI=1S/C20H21NO3/c22-19(16-9-5-2-6-10-16)20(24-14-17-13-23-17)18(11-12-21-20)15-7-3-1-4-8-15/h1-10,17-18,21H,11-14H2/t17-,18+,20-/m1/s1. The molecule has 0 radical (unpaired) electrons. The molecule has 0 aliphatic carbocycles. The first kappa shape index (κ1) is 15.5. The minimum Gasteiger partial charge on any atom is -0.371 e. The number of nitrogens with one attached hydrogen (secondary N) is 1. The number of benzene rings is 2. The third-order valence-corrected chi connectivity index (χ3v) is 4.79. The van der Waals surface area contributed by atoms with Crippen LogP contribution in [-0.4, -0.2) is 37.4 Å². The minimum absolute atomic E-state index is 0.00453. The van der Waals surface area contributed by atoms with Gasteiger partial charge in [0.15, 0.2) is 5.72 Å². The van der Waals surface area contributed by atoms with Gasteiger partial charge in [-0.2, -0.15) is 0 Å². The molecule has 2 aliphatic rings. The predicted molar refractivity (Wildman–Crippen MR) is 91.0 cm³/mol. The molecule has 0 spiro atoms. The largest absolute Gasteiger partial charge is 0.371 e. The molecule has 124 valence electrons. The van der Waals surface area contributed by atoms with Gasteiger partial charge in [0.05, 0.1) is 13.2 Å². The highest BCUT2D eigenvalue weighted by atomic mass is 16.6. The number of rotatable bonds is 6. The molecule has 2 aliphatic heterocycles. The molecule has 1 N–H and O–H groups in total. The molecule has 0 saturated carbocycles. The third kappa shape index (κ3) is 2.88. The Balaban J connectivity index is 1.70. The van der Waals surface area contributed by atoms with Gasteiger partial charge < -0.3 is 9.47 Å². The van der Waals surface area contributed by atoms with Gasteiger partial charge in [0.2, 0.25) is 5.78 Å². The van der Waals surface area contributed by atoms with E-state index in [0.717, 1.165) is 18.5 Å². The average molecular weight is 323 g/mol. The summed E-state index contributed by atoms with van der Waals surface area (Å²) in [6.45, 7) is 1.91. The Kier molecular flexibility index (Phi) is 4.19. The van der Waals surface area contributed by atoms with Crippen molar-refractivity contribution in [3.63, 3.8) is 0 Å². The van der Waals surface area contributed by atoms with E-state index in [1.54, 1.807) is 0 Å². The van der Waals surface area contributed by atoms with Crippen molar-refractivity contribution in [2.45, 2.75) is 24.2 Å². The van der Waals surface area contributed by atoms with Gasteiger partial charge in [0, 0.05) is 11.5 Å². The van der Waals surface area contributed by atoms with E-state index in [4.69, 9.17) is 9.47 Å². The molecule has 24 heavy (non-hydrogen) atoms. The van der Waals surface area contributed by atoms with Crippen molar-refractivity contribution in [2.75, 3.05) is 19.8 Å². The summed E-state index contributed by atoms with van der Waals surface area (Å²) in [5, 5.41) is 3.37. The SMILES string of the molecule is O=C(c1ccccc1)[C@@]1(OC[C@H]2CO2)NCC[C@H]1c1ccccc1. The lowest BCUT2D eigenvalue weighted by atomic mass is 9.84. The molecular weight excluding hydrogens is 302 g/mol. The van der Waals surface area contributed by atoms with Crippen molar-refractivity contribution in [3.05, 3.63) is 71.8 Å². The van der Waals surface area contributed by atoms with E-state index in [9.17, 15) is 4.79 Å². The van der Waals surface area contributed by atoms with Crippen molar-refractivity contribution in [3.8, 4) is 0 Å². The molecule has 2 saturated heterocycles. The van der Waals surface area contributed by atoms with E-state index in [2.05, 4.69) is 17.4 Å². The number of carbonyl (C=O) groups is 1. The monoisotopic (exact) mass is 323 g/mol. The van der Waals surface area contributed by atoms with Crippen LogP contribution < -0.4 is 5.32 Å². The summed E-state index contributed by atoms with van der Waals surface area (Å²) < 4.78 is 11.5. The maximum absolute atomic E-state index is 13.4. The molecule has 2 fully saturated rings. The zero-order chi connectivity index (χ0) is 16.4. The quantitative estimate of drug-likeness (QED) is 0.656. The van der Waals surface area contributed by atoms with Gasteiger partial charge >= 0.3 is 0 Å². The summed E-state index contributed by atoms with van der Waals surface area (Å²) >= 11 is 0. The van der Waals surface area contributed by atoms with Crippen LogP contribution in [0, 0.1) is 0 Å². The topological polar surface area (TPSA) is 50.9 Å². The maximum Gasteiger partial charge on any atom is 0.210 e. The number of epoxide rings is 1. The van der Waals surface area contributed by atoms with Crippen molar-refractivity contribution < 1.29 is 14.3 Å². The normalized spacial score (nSPS) is 28.7. The molecule has 4 nitrogen and oxygen atoms in total. The Hall–Kier alpha value is -2.01. The molecule has 0 unspecified atom stereocenters. The van der Waals surface area contributed by atoms with E-state index in [1.165, 1.54) is 0 Å². The molecular formula is C20H21NO3. The van der Waals surface area contributed by atoms with Gasteiger partial charge in [0.1, 0.15) is 6.10 Å². The molecule has 2 aromatic rings. The van der Waals surface area contributed by atoms with Gasteiger partial charge in [-0.15, -0.1) is 0 Å². The number of hydrogen-bond donors (Lipinski definition) is 1. The maximum atomic E-state index is 13.4. The second-order valence-corrected chi connectivity index (χ2v) is 6.38. The molecule has 2 heterocycles. The molecule has 0 amide bonds. The fourth-order valence-electron chi connectivity index (χ4n) is 3.46. The van der Waals surface area contributed by atoms with Crippen LogP contribution in [0.2, 0.25) is 0 Å². The average Bonchev–Trinajstić information content (AvgIpc) is 3.39. The second kappa shape index (κ2) is 6.48. The van der Waals surface area contributed by atoms with Crippen LogP contribution in [0.25, 0.3) is 0 Å². The van der Waals surface area contributed by atoms with Crippen molar-refractivity contribution in [1.82, 2.24) is 5.32 Å². The number of Topliss-reactive ketones (excluding diaryl/α,β-unsaturated/α-hetero) is 1. The van der Waals surface area contributed by atoms with Crippen LogP contribution in [0.3, 0.4) is 0 Å². The molecule has 4 rings (SSSR count). The smallest absolute Gasteiger partial charge is 0.210 e. The summed E-state index contributed by atoms with van der Waals surface area (Å²) in [7, 11) is 0. The van der Waals surface area contributed by atoms with Crippen LogP contribution in [0.1, 0.15) is 28.3 Å². The first-order chi connectivity index (χ1) is 11.8. The summed E-state index contributed by atoms with van der Waals surface area (Å²) in [6, 6.07) is 19.5. The Morgan fingerprint density at radius 3 is 2.46 bits per heavy atom. The molecule has 2 aromatic carbocycles. The highest BCUT2D eigenvalue weighted by molar-refractivity contribution is 6.03. The van der Waals surface area contributed by atoms with E-state index >= 15 is 0 Å². The van der Waals surface area contributed by atoms with Gasteiger partial charge in [-0.1, -0.05) is 60.7 Å². The second-order valence-electron chi connectivity index (χ2n) is 6.38. The van der Waals surface area contributed by atoms with E-state index < -0.39 is 5.72 Å². The van der Waals surface area contributed by atoms with E-state index in [-0.39, 0.29) is 17.8 Å². The third-order valence-electron chi connectivity index (χ3n) is 4.79. The Morgan fingerprint density at radius 1 is 1.12 bits per heavy atom. The van der Waals surface area contributed by atoms with Gasteiger partial charge in [-0.3, -0.25) is 10.1 Å². The van der Waals surface area contributed by atoms with Crippen molar-refractivity contribution in [2.24, 2.45) is 0 Å². The van der Waals surface area contributed by atoms with Crippen molar-refractivity contribution >= 4 is 5.78 Å². The first-order valence-corrected chi connectivity index (χ1v) is 8.45. The minimum atomic E-state index is -1.02. The zero-order valence-corrected chi connectivity index (χ0v) is 13.5. The Bertz CT molecular complexity index is 699. The van der Waals surface area contributed by atoms with E-state index in [0.29, 0.717) is 18.8 Å². The summed E-state index contributed by atoms with van der Waals surface area (Å²) in [6.07, 6.45) is 0.984. The van der Waals surface area contributed by atoms with Crippen LogP contribution in [0.15, 0.2) is 60.7 Å². The molecule has 0 aromatic heterocycles. The fourth-order valence-corrected chi connectivity index (χ4v) is 3.46. The molecule has 0 bridgehead atoms. The lowest BCUT2D eigenvalue weighted by Gasteiger charge is -2.34. The van der Waals surface area contributed by atoms with Crippen LogP contribution >= 0.6 is 0 Å². The number of carbonyl (C=O) groups excluding carboxylic acids is 1. The van der Waals surface area contributed by atoms with Crippen LogP contribution in [0.4, 0.5) is 0 Å². The summed E-state index contributed by atoms with van der Waals surface area (Å²) in [4.78, 5) is 13.4. The fraction of sp³-hybridized carbons (Fsp3) is 0.350. The highest BCUT2D eigenvalue weighted by Gasteiger charge is 2.51. The lowest BCUT2D eigenvalue weighted by molar-refractivity contribution is -0.0501. The summed E-state index contributed by atoms with van der Waals surface area (Å²) in [5.41, 5.74) is 0.780.